The normalized spacial score (nSPS) is 10.9. The zero-order valence-electron chi connectivity index (χ0n) is 11.4. The van der Waals surface area contributed by atoms with Crippen LogP contribution in [0.5, 0.6) is 0 Å². The summed E-state index contributed by atoms with van der Waals surface area (Å²) in [4.78, 5) is 12.0. The second-order valence-corrected chi connectivity index (χ2v) is 4.76. The van der Waals surface area contributed by atoms with E-state index < -0.39 is 0 Å². The van der Waals surface area contributed by atoms with Gasteiger partial charge in [0.25, 0.3) is 5.56 Å². The molecule has 3 aromatic rings. The van der Waals surface area contributed by atoms with Crippen LogP contribution in [0.4, 0.5) is 5.69 Å². The second kappa shape index (κ2) is 4.85. The van der Waals surface area contributed by atoms with Crippen LogP contribution >= 0.6 is 0 Å². The molecule has 0 aliphatic heterocycles. The number of fused-ring (bicyclic) bond motifs is 1. The number of benzene rings is 1. The highest BCUT2D eigenvalue weighted by Gasteiger charge is 2.07. The lowest BCUT2D eigenvalue weighted by molar-refractivity contribution is 0.384. The first-order valence-electron chi connectivity index (χ1n) is 6.40. The number of hydrogen-bond donors (Lipinski definition) is 1. The minimum absolute atomic E-state index is 0.0417. The van der Waals surface area contributed by atoms with E-state index in [0.717, 1.165) is 28.0 Å². The quantitative estimate of drug-likeness (QED) is 0.793. The molecule has 0 atom stereocenters. The molecular formula is C15H15N3O2. The molecule has 2 aromatic heterocycles. The Morgan fingerprint density at radius 2 is 2.10 bits per heavy atom. The van der Waals surface area contributed by atoms with Gasteiger partial charge in [0.2, 0.25) is 0 Å². The van der Waals surface area contributed by atoms with Gasteiger partial charge in [0, 0.05) is 30.3 Å². The van der Waals surface area contributed by atoms with E-state index in [-0.39, 0.29) is 5.56 Å². The molecule has 0 spiro atoms. The van der Waals surface area contributed by atoms with Gasteiger partial charge in [-0.05, 0) is 13.0 Å². The lowest BCUT2D eigenvalue weighted by atomic mass is 10.2. The number of nitrogens with one attached hydrogen (secondary N) is 1. The molecule has 0 bridgehead atoms. The molecule has 0 aliphatic carbocycles. The Morgan fingerprint density at radius 3 is 2.85 bits per heavy atom. The summed E-state index contributed by atoms with van der Waals surface area (Å²) in [6.07, 6.45) is 0. The van der Waals surface area contributed by atoms with Crippen LogP contribution in [0.15, 0.2) is 45.7 Å². The van der Waals surface area contributed by atoms with E-state index >= 15 is 0 Å². The highest BCUT2D eigenvalue weighted by molar-refractivity contribution is 5.91. The maximum atomic E-state index is 12.0. The summed E-state index contributed by atoms with van der Waals surface area (Å²) in [7, 11) is 1.77. The molecule has 0 fully saturated rings. The number of pyridine rings is 1. The number of para-hydroxylation sites is 1. The van der Waals surface area contributed by atoms with Crippen molar-refractivity contribution in [2.45, 2.75) is 13.5 Å². The molecule has 0 amide bonds. The molecule has 3 rings (SSSR count). The largest absolute Gasteiger partial charge is 0.377 e. The van der Waals surface area contributed by atoms with Crippen LogP contribution in [-0.2, 0) is 13.6 Å². The van der Waals surface area contributed by atoms with Crippen molar-refractivity contribution in [3.8, 4) is 0 Å². The Morgan fingerprint density at radius 1 is 1.30 bits per heavy atom. The summed E-state index contributed by atoms with van der Waals surface area (Å²) in [5.74, 6) is 0.743. The predicted octanol–water partition coefficient (Wildman–Crippen LogP) is 2.45. The molecule has 2 heterocycles. The van der Waals surface area contributed by atoms with Crippen molar-refractivity contribution < 1.29 is 4.52 Å². The van der Waals surface area contributed by atoms with Gasteiger partial charge in [0.05, 0.1) is 17.8 Å². The molecule has 5 heteroatoms. The third-order valence-corrected chi connectivity index (χ3v) is 3.28. The second-order valence-electron chi connectivity index (χ2n) is 4.76. The molecule has 0 saturated carbocycles. The van der Waals surface area contributed by atoms with E-state index in [9.17, 15) is 4.79 Å². The Kier molecular flexibility index (Phi) is 3.02. The van der Waals surface area contributed by atoms with Crippen molar-refractivity contribution >= 4 is 16.6 Å². The van der Waals surface area contributed by atoms with Gasteiger partial charge in [-0.15, -0.1) is 0 Å². The first-order valence-corrected chi connectivity index (χ1v) is 6.40. The summed E-state index contributed by atoms with van der Waals surface area (Å²) in [5, 5.41) is 8.09. The summed E-state index contributed by atoms with van der Waals surface area (Å²) in [6, 6.07) is 11.3. The highest BCUT2D eigenvalue weighted by Crippen LogP contribution is 2.21. The van der Waals surface area contributed by atoms with Crippen LogP contribution in [-0.4, -0.2) is 9.72 Å². The summed E-state index contributed by atoms with van der Waals surface area (Å²) < 4.78 is 6.79. The van der Waals surface area contributed by atoms with Crippen LogP contribution in [0.3, 0.4) is 0 Å². The van der Waals surface area contributed by atoms with E-state index in [2.05, 4.69) is 10.5 Å². The average molecular weight is 269 g/mol. The molecule has 20 heavy (non-hydrogen) atoms. The van der Waals surface area contributed by atoms with Gasteiger partial charge < -0.3 is 14.4 Å². The number of rotatable bonds is 3. The lowest BCUT2D eigenvalue weighted by Crippen LogP contribution is -2.17. The molecule has 0 saturated heterocycles. The highest BCUT2D eigenvalue weighted by atomic mass is 16.5. The first-order chi connectivity index (χ1) is 9.65. The SMILES string of the molecule is Cc1cc(CNc2cc(=O)n(C)c3ccccc23)on1. The maximum absolute atomic E-state index is 12.0. The number of aryl methyl sites for hydroxylation is 2. The van der Waals surface area contributed by atoms with Crippen LogP contribution < -0.4 is 10.9 Å². The minimum Gasteiger partial charge on any atom is -0.377 e. The van der Waals surface area contributed by atoms with Gasteiger partial charge >= 0.3 is 0 Å². The molecule has 0 aliphatic rings. The number of aromatic nitrogens is 2. The number of anilines is 1. The first kappa shape index (κ1) is 12.5. The van der Waals surface area contributed by atoms with Gasteiger partial charge in [0.15, 0.2) is 5.76 Å². The predicted molar refractivity (Wildman–Crippen MR) is 77.8 cm³/mol. The molecule has 5 nitrogen and oxygen atoms in total. The fourth-order valence-corrected chi connectivity index (χ4v) is 2.24. The van der Waals surface area contributed by atoms with Crippen molar-refractivity contribution in [2.75, 3.05) is 5.32 Å². The van der Waals surface area contributed by atoms with E-state index in [4.69, 9.17) is 4.52 Å². The van der Waals surface area contributed by atoms with Crippen molar-refractivity contribution in [2.24, 2.45) is 7.05 Å². The Bertz CT molecular complexity index is 817. The van der Waals surface area contributed by atoms with E-state index in [1.165, 1.54) is 0 Å². The molecule has 0 radical (unpaired) electrons. The molecular weight excluding hydrogens is 254 g/mol. The maximum Gasteiger partial charge on any atom is 0.252 e. The standard InChI is InChI=1S/C15H15N3O2/c1-10-7-11(20-17-10)9-16-13-8-15(19)18(2)14-6-4-3-5-12(13)14/h3-8,16H,9H2,1-2H3. The van der Waals surface area contributed by atoms with Crippen LogP contribution in [0.1, 0.15) is 11.5 Å². The third kappa shape index (κ3) is 2.18. The zero-order chi connectivity index (χ0) is 14.1. The molecule has 102 valence electrons. The van der Waals surface area contributed by atoms with Gasteiger partial charge in [-0.2, -0.15) is 0 Å². The summed E-state index contributed by atoms with van der Waals surface area (Å²) in [5.41, 5.74) is 2.50. The Hall–Kier alpha value is -2.56. The van der Waals surface area contributed by atoms with E-state index in [1.54, 1.807) is 17.7 Å². The fourth-order valence-electron chi connectivity index (χ4n) is 2.24. The van der Waals surface area contributed by atoms with Crippen LogP contribution in [0.2, 0.25) is 0 Å². The van der Waals surface area contributed by atoms with Crippen molar-refractivity contribution in [1.82, 2.24) is 9.72 Å². The molecule has 0 unspecified atom stereocenters. The van der Waals surface area contributed by atoms with E-state index in [0.29, 0.717) is 6.54 Å². The van der Waals surface area contributed by atoms with Crippen LogP contribution in [0, 0.1) is 6.92 Å². The monoisotopic (exact) mass is 269 g/mol. The van der Waals surface area contributed by atoms with Crippen molar-refractivity contribution in [1.29, 1.82) is 0 Å². The molecule has 1 N–H and O–H groups in total. The summed E-state index contributed by atoms with van der Waals surface area (Å²) in [6.45, 7) is 2.37. The minimum atomic E-state index is -0.0417. The van der Waals surface area contributed by atoms with Gasteiger partial charge in [-0.1, -0.05) is 23.4 Å². The number of hydrogen-bond acceptors (Lipinski definition) is 4. The fraction of sp³-hybridized carbons (Fsp3) is 0.200. The van der Waals surface area contributed by atoms with Gasteiger partial charge in [-0.3, -0.25) is 4.79 Å². The van der Waals surface area contributed by atoms with Gasteiger partial charge in [0.1, 0.15) is 0 Å². The topological polar surface area (TPSA) is 60.1 Å². The third-order valence-electron chi connectivity index (χ3n) is 3.28. The Balaban J connectivity index is 1.99. The molecule has 1 aromatic carbocycles. The summed E-state index contributed by atoms with van der Waals surface area (Å²) >= 11 is 0. The van der Waals surface area contributed by atoms with Crippen LogP contribution in [0.25, 0.3) is 10.9 Å². The van der Waals surface area contributed by atoms with Gasteiger partial charge in [-0.25, -0.2) is 0 Å². The van der Waals surface area contributed by atoms with E-state index in [1.807, 2.05) is 37.3 Å². The van der Waals surface area contributed by atoms with Crippen molar-refractivity contribution in [3.63, 3.8) is 0 Å². The smallest absolute Gasteiger partial charge is 0.252 e. The average Bonchev–Trinajstić information content (AvgIpc) is 2.87. The van der Waals surface area contributed by atoms with Crippen molar-refractivity contribution in [3.05, 3.63) is 58.2 Å². The Labute approximate surface area is 115 Å². The zero-order valence-corrected chi connectivity index (χ0v) is 11.4. The lowest BCUT2D eigenvalue weighted by Gasteiger charge is -2.11. The number of nitrogens with zero attached hydrogens (tertiary/aromatic N) is 2.